The second-order valence-electron chi connectivity index (χ2n) is 11.4. The molecule has 232 valence electrons. The Labute approximate surface area is 258 Å². The first-order valence-electron chi connectivity index (χ1n) is 15.6. The van der Waals surface area contributed by atoms with E-state index in [1.807, 2.05) is 0 Å². The van der Waals surface area contributed by atoms with Crippen molar-refractivity contribution in [2.75, 3.05) is 5.32 Å². The molecule has 3 N–H and O–H groups in total. The molecule has 44 heavy (non-hydrogen) atoms. The van der Waals surface area contributed by atoms with E-state index in [-0.39, 0.29) is 34.2 Å². The van der Waals surface area contributed by atoms with Gasteiger partial charge in [0.2, 0.25) is 6.41 Å². The number of phenolic OH excluding ortho intramolecular Hbond substituents is 2. The first kappa shape index (κ1) is 32.5. The van der Waals surface area contributed by atoms with E-state index in [0.717, 1.165) is 19.3 Å². The van der Waals surface area contributed by atoms with E-state index < -0.39 is 35.1 Å². The van der Waals surface area contributed by atoms with Crippen LogP contribution in [0.1, 0.15) is 127 Å². The maximum atomic E-state index is 13.4. The lowest BCUT2D eigenvalue weighted by Gasteiger charge is -2.24. The molecule has 1 aliphatic rings. The fourth-order valence-corrected chi connectivity index (χ4v) is 5.77. The van der Waals surface area contributed by atoms with Gasteiger partial charge in [0.1, 0.15) is 17.6 Å². The molecule has 1 amide bonds. The normalized spacial score (nSPS) is 12.8. The quantitative estimate of drug-likeness (QED) is 0.0494. The van der Waals surface area contributed by atoms with E-state index in [1.54, 1.807) is 36.4 Å². The van der Waals surface area contributed by atoms with E-state index >= 15 is 0 Å². The fourth-order valence-electron chi connectivity index (χ4n) is 5.77. The fraction of sp³-hybridized carbons (Fsp3) is 0.389. The minimum absolute atomic E-state index is 0.0572. The molecule has 4 rings (SSSR count). The Kier molecular flexibility index (Phi) is 11.7. The molecule has 0 aromatic heterocycles. The largest absolute Gasteiger partial charge is 0.507 e. The first-order chi connectivity index (χ1) is 21.3. The molecule has 0 radical (unpaired) electrons. The number of phenols is 2. The highest BCUT2D eigenvalue weighted by molar-refractivity contribution is 6.30. The number of hydrogen-bond acceptors (Lipinski definition) is 7. The molecule has 1 aliphatic carbocycles. The summed E-state index contributed by atoms with van der Waals surface area (Å²) in [5.74, 6) is -2.58. The van der Waals surface area contributed by atoms with E-state index in [1.165, 1.54) is 56.7 Å². The highest BCUT2D eigenvalue weighted by Crippen LogP contribution is 2.43. The summed E-state index contributed by atoms with van der Waals surface area (Å²) in [4.78, 5) is 50.4. The van der Waals surface area contributed by atoms with Crippen LogP contribution in [0, 0.1) is 0 Å². The highest BCUT2D eigenvalue weighted by Gasteiger charge is 2.37. The first-order valence-corrected chi connectivity index (χ1v) is 15.6. The molecule has 8 nitrogen and oxygen atoms in total. The predicted molar refractivity (Wildman–Crippen MR) is 168 cm³/mol. The van der Waals surface area contributed by atoms with Crippen LogP contribution in [0.5, 0.6) is 11.5 Å². The van der Waals surface area contributed by atoms with Crippen molar-refractivity contribution in [2.24, 2.45) is 0 Å². The molecule has 0 saturated carbocycles. The molecular weight excluding hydrogens is 558 g/mol. The van der Waals surface area contributed by atoms with E-state index in [2.05, 4.69) is 12.2 Å². The number of unbranched alkanes of at least 4 members (excludes halogenated alkanes) is 9. The zero-order valence-electron chi connectivity index (χ0n) is 25.3. The van der Waals surface area contributed by atoms with Gasteiger partial charge in [0.05, 0.1) is 17.5 Å². The Morgan fingerprint density at radius 3 is 1.98 bits per heavy atom. The predicted octanol–water partition coefficient (Wildman–Crippen LogP) is 7.58. The summed E-state index contributed by atoms with van der Waals surface area (Å²) >= 11 is 0. The van der Waals surface area contributed by atoms with Gasteiger partial charge in [-0.25, -0.2) is 0 Å². The smallest absolute Gasteiger partial charge is 0.310 e. The number of rotatable bonds is 17. The second kappa shape index (κ2) is 15.8. The van der Waals surface area contributed by atoms with Gasteiger partial charge in [-0.05, 0) is 36.6 Å². The maximum Gasteiger partial charge on any atom is 0.310 e. The molecule has 8 heteroatoms. The Balaban J connectivity index is 1.51. The Hall–Kier alpha value is -4.46. The van der Waals surface area contributed by atoms with Crippen LogP contribution in [0.2, 0.25) is 0 Å². The minimum Gasteiger partial charge on any atom is -0.507 e. The molecule has 0 aliphatic heterocycles. The Bertz CT molecular complexity index is 1480. The second-order valence-corrected chi connectivity index (χ2v) is 11.4. The summed E-state index contributed by atoms with van der Waals surface area (Å²) < 4.78 is 5.88. The van der Waals surface area contributed by atoms with Crippen LogP contribution in [0.3, 0.4) is 0 Å². The van der Waals surface area contributed by atoms with Gasteiger partial charge in [0.25, 0.3) is 0 Å². The number of fused-ring (bicyclic) bond motifs is 2. The molecule has 0 spiro atoms. The average Bonchev–Trinajstić information content (AvgIpc) is 3.02. The lowest BCUT2D eigenvalue weighted by Crippen LogP contribution is -2.22. The summed E-state index contributed by atoms with van der Waals surface area (Å²) in [5, 5.41) is 24.9. The molecule has 0 fully saturated rings. The third kappa shape index (κ3) is 7.92. The standard InChI is InChI=1S/C36H41NO7/c1-2-3-4-5-6-7-8-9-10-11-16-30(44-31(40)21-24-17-19-25(20-18-24)37-23-38)28-22-29(39)32-33(36(28)43)35(42)27-15-13-12-14-26(27)34(32)41/h12-15,17-20,22-23,30,39,43H,2-11,16,21H2,1H3,(H,37,38). The van der Waals surface area contributed by atoms with Crippen LogP contribution in [-0.4, -0.2) is 34.2 Å². The SMILES string of the molecule is CCCCCCCCCCCCC(OC(=O)Cc1ccc(NC=O)cc1)c1cc(O)c2c(c1O)C(=O)c1ccccc1C2=O. The summed E-state index contributed by atoms with van der Waals surface area (Å²) in [5.41, 5.74) is 1.14. The van der Waals surface area contributed by atoms with Crippen LogP contribution in [0.15, 0.2) is 54.6 Å². The molecular formula is C36H41NO7. The van der Waals surface area contributed by atoms with Crippen molar-refractivity contribution in [3.05, 3.63) is 88.0 Å². The lowest BCUT2D eigenvalue weighted by atomic mass is 9.81. The Morgan fingerprint density at radius 1 is 0.818 bits per heavy atom. The summed E-state index contributed by atoms with van der Waals surface area (Å²) in [6, 6.07) is 14.3. The number of ketones is 2. The number of carbonyl (C=O) groups excluding carboxylic acids is 4. The van der Waals surface area contributed by atoms with E-state index in [0.29, 0.717) is 30.5 Å². The van der Waals surface area contributed by atoms with Gasteiger partial charge in [-0.15, -0.1) is 0 Å². The van der Waals surface area contributed by atoms with Gasteiger partial charge in [-0.1, -0.05) is 101 Å². The molecule has 1 unspecified atom stereocenters. The number of anilines is 1. The van der Waals surface area contributed by atoms with Crippen molar-refractivity contribution >= 4 is 29.6 Å². The number of carbonyl (C=O) groups is 4. The summed E-state index contributed by atoms with van der Waals surface area (Å²) in [7, 11) is 0. The van der Waals surface area contributed by atoms with Crippen molar-refractivity contribution in [3.8, 4) is 11.5 Å². The lowest BCUT2D eigenvalue weighted by molar-refractivity contribution is -0.149. The van der Waals surface area contributed by atoms with Crippen LogP contribution in [0.25, 0.3) is 0 Å². The zero-order valence-corrected chi connectivity index (χ0v) is 25.3. The third-order valence-corrected chi connectivity index (χ3v) is 8.15. The molecule has 0 bridgehead atoms. The van der Waals surface area contributed by atoms with Gasteiger partial charge in [0, 0.05) is 22.4 Å². The Morgan fingerprint density at radius 2 is 1.39 bits per heavy atom. The van der Waals surface area contributed by atoms with Crippen molar-refractivity contribution in [3.63, 3.8) is 0 Å². The highest BCUT2D eigenvalue weighted by atomic mass is 16.5. The summed E-state index contributed by atoms with van der Waals surface area (Å²) in [6.07, 6.45) is 11.1. The molecule has 3 aromatic rings. The number of hydrogen-bond donors (Lipinski definition) is 3. The van der Waals surface area contributed by atoms with E-state index in [4.69, 9.17) is 4.74 Å². The van der Waals surface area contributed by atoms with E-state index in [9.17, 15) is 29.4 Å². The van der Waals surface area contributed by atoms with Gasteiger partial charge < -0.3 is 20.3 Å². The summed E-state index contributed by atoms with van der Waals surface area (Å²) in [6.45, 7) is 2.21. The number of amides is 1. The van der Waals surface area contributed by atoms with Crippen molar-refractivity contribution < 1.29 is 34.1 Å². The minimum atomic E-state index is -0.941. The molecule has 0 saturated heterocycles. The monoisotopic (exact) mass is 599 g/mol. The van der Waals surface area contributed by atoms with Gasteiger partial charge in [-0.2, -0.15) is 0 Å². The number of aromatic hydroxyl groups is 2. The number of esters is 1. The van der Waals surface area contributed by atoms with Crippen LogP contribution in [0.4, 0.5) is 5.69 Å². The number of nitrogens with one attached hydrogen (secondary N) is 1. The molecule has 0 heterocycles. The van der Waals surface area contributed by atoms with Gasteiger partial charge >= 0.3 is 5.97 Å². The third-order valence-electron chi connectivity index (χ3n) is 8.15. The van der Waals surface area contributed by atoms with Crippen molar-refractivity contribution in [1.29, 1.82) is 0 Å². The number of benzene rings is 3. The van der Waals surface area contributed by atoms with Gasteiger partial charge in [0.15, 0.2) is 11.6 Å². The van der Waals surface area contributed by atoms with Gasteiger partial charge in [-0.3, -0.25) is 19.2 Å². The topological polar surface area (TPSA) is 130 Å². The van der Waals surface area contributed by atoms with Crippen molar-refractivity contribution in [1.82, 2.24) is 0 Å². The molecule has 1 atom stereocenters. The number of ether oxygens (including phenoxy) is 1. The zero-order chi connectivity index (χ0) is 31.5. The van der Waals surface area contributed by atoms with Crippen molar-refractivity contribution in [2.45, 2.75) is 90.1 Å². The van der Waals surface area contributed by atoms with Crippen LogP contribution >= 0.6 is 0 Å². The van der Waals surface area contributed by atoms with Crippen LogP contribution in [-0.2, 0) is 20.7 Å². The molecule has 3 aromatic carbocycles. The maximum absolute atomic E-state index is 13.4. The average molecular weight is 600 g/mol. The van der Waals surface area contributed by atoms with Crippen LogP contribution < -0.4 is 5.32 Å².